The lowest BCUT2D eigenvalue weighted by molar-refractivity contribution is -0.167. The molecule has 0 unspecified atom stereocenters. The van der Waals surface area contributed by atoms with Crippen molar-refractivity contribution in [2.75, 3.05) is 13.2 Å². The highest BCUT2D eigenvalue weighted by atomic mass is 16.6. The molecule has 0 radical (unpaired) electrons. The van der Waals surface area contributed by atoms with Crippen LogP contribution in [0.25, 0.3) is 0 Å². The number of carbonyl (C=O) groups is 3. The SMILES string of the molecule is CC/C=C\C/C=C\C/C=C\C/C=C\CCCCC(=O)OC[C@H](COC(=O)CCCCCCCCCCCCCCC)OC(=O)CCCCC/C=C\C/C=C\C/C=C\C/C=C\CCCCC. The van der Waals surface area contributed by atoms with Crippen molar-refractivity contribution in [2.45, 2.75) is 245 Å². The van der Waals surface area contributed by atoms with Crippen LogP contribution in [0.4, 0.5) is 0 Å². The Hall–Kier alpha value is -3.67. The first kappa shape index (κ1) is 61.3. The molecule has 1 atom stereocenters. The van der Waals surface area contributed by atoms with Crippen molar-refractivity contribution in [1.29, 1.82) is 0 Å². The third kappa shape index (κ3) is 51.2. The van der Waals surface area contributed by atoms with Crippen molar-refractivity contribution in [3.8, 4) is 0 Å². The molecule has 0 aromatic carbocycles. The fourth-order valence-corrected chi connectivity index (χ4v) is 7.06. The van der Waals surface area contributed by atoms with Crippen molar-refractivity contribution in [2.24, 2.45) is 0 Å². The molecule has 370 valence electrons. The topological polar surface area (TPSA) is 78.9 Å². The average Bonchev–Trinajstić information content (AvgIpc) is 3.30. The van der Waals surface area contributed by atoms with E-state index in [1.807, 2.05) is 0 Å². The van der Waals surface area contributed by atoms with Gasteiger partial charge in [0.1, 0.15) is 13.2 Å². The highest BCUT2D eigenvalue weighted by molar-refractivity contribution is 5.71. The highest BCUT2D eigenvalue weighted by Gasteiger charge is 2.19. The molecule has 0 aliphatic rings. The molecular weight excluding hydrogens is 805 g/mol. The van der Waals surface area contributed by atoms with Gasteiger partial charge in [0.25, 0.3) is 0 Å². The average molecular weight is 903 g/mol. The lowest BCUT2D eigenvalue weighted by Gasteiger charge is -2.18. The fraction of sp³-hybridized carbons (Fsp3) is 0.678. The Kier molecular flexibility index (Phi) is 50.0. The van der Waals surface area contributed by atoms with Gasteiger partial charge in [-0.1, -0.05) is 214 Å². The molecule has 0 saturated heterocycles. The number of unbranched alkanes of at least 4 members (excludes halogenated alkanes) is 20. The number of esters is 3. The quantitative estimate of drug-likeness (QED) is 0.0262. The standard InChI is InChI=1S/C59H98O6/c1-4-7-10-13-16-19-22-25-27-28-29-30-32-35-38-41-44-47-50-53-59(62)65-56(54-63-57(60)51-48-45-42-39-36-33-24-21-18-15-12-9-6-3)55-64-58(61)52-49-46-43-40-37-34-31-26-23-20-17-14-11-8-5-2/h8,11,16-17,19-20,25-27,29-31,35,37-38,40,56H,4-7,9-10,12-15,18,21-24,28,32-34,36,39,41-55H2,1-3H3/b11-8-,19-16-,20-17-,27-25-,30-29-,31-26-,38-35-,40-37-/t56-/m0/s1. The second-order valence-electron chi connectivity index (χ2n) is 17.4. The molecule has 0 N–H and O–H groups in total. The first-order chi connectivity index (χ1) is 32.0. The van der Waals surface area contributed by atoms with Gasteiger partial charge < -0.3 is 14.2 Å². The van der Waals surface area contributed by atoms with Crippen LogP contribution < -0.4 is 0 Å². The Balaban J connectivity index is 4.51. The van der Waals surface area contributed by atoms with Crippen LogP contribution in [0.3, 0.4) is 0 Å². The number of carbonyl (C=O) groups excluding carboxylic acids is 3. The minimum atomic E-state index is -0.810. The van der Waals surface area contributed by atoms with E-state index in [2.05, 4.69) is 118 Å². The lowest BCUT2D eigenvalue weighted by atomic mass is 10.0. The molecule has 6 nitrogen and oxygen atoms in total. The van der Waals surface area contributed by atoms with Crippen LogP contribution in [0.2, 0.25) is 0 Å². The monoisotopic (exact) mass is 903 g/mol. The summed E-state index contributed by atoms with van der Waals surface area (Å²) in [7, 11) is 0. The van der Waals surface area contributed by atoms with E-state index >= 15 is 0 Å². The van der Waals surface area contributed by atoms with E-state index < -0.39 is 6.10 Å². The Morgan fingerprint density at radius 1 is 0.323 bits per heavy atom. The zero-order chi connectivity index (χ0) is 47.2. The molecule has 0 bridgehead atoms. The van der Waals surface area contributed by atoms with Crippen LogP contribution >= 0.6 is 0 Å². The van der Waals surface area contributed by atoms with Crippen LogP contribution in [0.1, 0.15) is 239 Å². The van der Waals surface area contributed by atoms with Gasteiger partial charge in [-0.3, -0.25) is 14.4 Å². The van der Waals surface area contributed by atoms with Crippen LogP contribution in [-0.4, -0.2) is 37.2 Å². The molecule has 0 saturated carbocycles. The van der Waals surface area contributed by atoms with Crippen LogP contribution in [-0.2, 0) is 28.6 Å². The summed E-state index contributed by atoms with van der Waals surface area (Å²) in [4.78, 5) is 38.0. The molecule has 0 aromatic heterocycles. The number of allylic oxidation sites excluding steroid dienone is 16. The smallest absolute Gasteiger partial charge is 0.306 e. The summed E-state index contributed by atoms with van der Waals surface area (Å²) in [6, 6.07) is 0. The van der Waals surface area contributed by atoms with Gasteiger partial charge in [-0.2, -0.15) is 0 Å². The van der Waals surface area contributed by atoms with Gasteiger partial charge in [-0.25, -0.2) is 0 Å². The van der Waals surface area contributed by atoms with Gasteiger partial charge in [0, 0.05) is 19.3 Å². The number of hydrogen-bond donors (Lipinski definition) is 0. The van der Waals surface area contributed by atoms with Crippen LogP contribution in [0.15, 0.2) is 97.2 Å². The third-order valence-corrected chi connectivity index (χ3v) is 11.1. The van der Waals surface area contributed by atoms with Gasteiger partial charge in [0.15, 0.2) is 6.10 Å². The Morgan fingerprint density at radius 3 is 1.00 bits per heavy atom. The summed E-state index contributed by atoms with van der Waals surface area (Å²) in [6.07, 6.45) is 69.6. The van der Waals surface area contributed by atoms with E-state index in [4.69, 9.17) is 14.2 Å². The first-order valence-electron chi connectivity index (χ1n) is 26.7. The van der Waals surface area contributed by atoms with E-state index in [9.17, 15) is 14.4 Å². The van der Waals surface area contributed by atoms with Crippen molar-refractivity contribution in [3.63, 3.8) is 0 Å². The minimum absolute atomic E-state index is 0.103. The number of ether oxygens (including phenoxy) is 3. The van der Waals surface area contributed by atoms with Gasteiger partial charge in [-0.05, 0) is 103 Å². The zero-order valence-corrected chi connectivity index (χ0v) is 42.2. The van der Waals surface area contributed by atoms with E-state index in [0.717, 1.165) is 109 Å². The van der Waals surface area contributed by atoms with Gasteiger partial charge in [-0.15, -0.1) is 0 Å². The van der Waals surface area contributed by atoms with Crippen molar-refractivity contribution < 1.29 is 28.6 Å². The van der Waals surface area contributed by atoms with Crippen molar-refractivity contribution >= 4 is 17.9 Å². The molecular formula is C59H98O6. The molecule has 0 aliphatic carbocycles. The lowest BCUT2D eigenvalue weighted by Crippen LogP contribution is -2.30. The normalized spacial score (nSPS) is 12.8. The van der Waals surface area contributed by atoms with E-state index in [-0.39, 0.29) is 37.5 Å². The van der Waals surface area contributed by atoms with E-state index in [1.54, 1.807) is 0 Å². The fourth-order valence-electron chi connectivity index (χ4n) is 7.06. The maximum atomic E-state index is 12.8. The molecule has 0 amide bonds. The minimum Gasteiger partial charge on any atom is -0.462 e. The molecule has 65 heavy (non-hydrogen) atoms. The molecule has 0 aromatic rings. The van der Waals surface area contributed by atoms with E-state index in [0.29, 0.717) is 12.8 Å². The van der Waals surface area contributed by atoms with Crippen LogP contribution in [0, 0.1) is 0 Å². The third-order valence-electron chi connectivity index (χ3n) is 11.1. The summed E-state index contributed by atoms with van der Waals surface area (Å²) in [6.45, 7) is 6.43. The van der Waals surface area contributed by atoms with E-state index in [1.165, 1.54) is 89.9 Å². The van der Waals surface area contributed by atoms with Crippen LogP contribution in [0.5, 0.6) is 0 Å². The predicted octanol–water partition coefficient (Wildman–Crippen LogP) is 17.8. The molecule has 0 spiro atoms. The Morgan fingerprint density at radius 2 is 0.600 bits per heavy atom. The molecule has 0 fully saturated rings. The maximum absolute atomic E-state index is 12.8. The Bertz CT molecular complexity index is 1310. The molecule has 6 heteroatoms. The predicted molar refractivity (Wildman–Crippen MR) is 279 cm³/mol. The maximum Gasteiger partial charge on any atom is 0.306 e. The van der Waals surface area contributed by atoms with Crippen molar-refractivity contribution in [3.05, 3.63) is 97.2 Å². The summed E-state index contributed by atoms with van der Waals surface area (Å²) in [5.74, 6) is -0.978. The summed E-state index contributed by atoms with van der Waals surface area (Å²) >= 11 is 0. The summed E-state index contributed by atoms with van der Waals surface area (Å²) in [5.41, 5.74) is 0. The first-order valence-corrected chi connectivity index (χ1v) is 26.7. The molecule has 0 aliphatic heterocycles. The highest BCUT2D eigenvalue weighted by Crippen LogP contribution is 2.14. The number of hydrogen-bond acceptors (Lipinski definition) is 6. The molecule has 0 heterocycles. The number of rotatable bonds is 47. The second kappa shape index (κ2) is 52.9. The Labute approximate surface area is 400 Å². The molecule has 0 rings (SSSR count). The van der Waals surface area contributed by atoms with Gasteiger partial charge in [0.05, 0.1) is 0 Å². The zero-order valence-electron chi connectivity index (χ0n) is 42.2. The van der Waals surface area contributed by atoms with Gasteiger partial charge >= 0.3 is 17.9 Å². The second-order valence-corrected chi connectivity index (χ2v) is 17.4. The summed E-state index contributed by atoms with van der Waals surface area (Å²) < 4.78 is 16.8. The summed E-state index contributed by atoms with van der Waals surface area (Å²) in [5, 5.41) is 0. The van der Waals surface area contributed by atoms with Crippen molar-refractivity contribution in [1.82, 2.24) is 0 Å². The van der Waals surface area contributed by atoms with Gasteiger partial charge in [0.2, 0.25) is 0 Å². The largest absolute Gasteiger partial charge is 0.462 e.